The summed E-state index contributed by atoms with van der Waals surface area (Å²) in [6.45, 7) is 6.72. The molecule has 34 heavy (non-hydrogen) atoms. The second-order valence-corrected chi connectivity index (χ2v) is 12.6. The zero-order valence-electron chi connectivity index (χ0n) is 19.5. The van der Waals surface area contributed by atoms with E-state index in [9.17, 15) is 18.9 Å². The number of rotatable bonds is 14. The number of Topliss-reactive ketones (excluding diaryl/α,β-unsaturated/α-hetero) is 1. The molecule has 0 radical (unpaired) electrons. The Bertz CT molecular complexity index is 1020. The van der Waals surface area contributed by atoms with Crippen molar-refractivity contribution >= 4 is 69.1 Å². The summed E-state index contributed by atoms with van der Waals surface area (Å²) in [5.41, 5.74) is 6.12. The maximum atomic E-state index is 13.5. The molecule has 0 aliphatic carbocycles. The van der Waals surface area contributed by atoms with Crippen LogP contribution in [0.25, 0.3) is 11.5 Å². The Hall–Kier alpha value is -1.43. The number of furan rings is 1. The van der Waals surface area contributed by atoms with Gasteiger partial charge in [0, 0.05) is 31.3 Å². The van der Waals surface area contributed by atoms with E-state index < -0.39 is 7.60 Å². The summed E-state index contributed by atoms with van der Waals surface area (Å²) in [5, 5.41) is 0.0435. The van der Waals surface area contributed by atoms with Crippen molar-refractivity contribution in [3.8, 4) is 11.5 Å². The van der Waals surface area contributed by atoms with Gasteiger partial charge in [0.25, 0.3) is 0 Å². The standard InChI is InChI=1S/C21H29N2O7PS3/c1-5-15(6-2)19(26)20-18(23-21(22)34-20)16-7-8-17(30-16)31(27,28-9-11-32-13(3)24)29-10-12-33-14(4)25/h7-8,15H,5-6,9-12H2,1-4H3,(H2,22,23). The van der Waals surface area contributed by atoms with Crippen molar-refractivity contribution in [2.75, 3.05) is 30.5 Å². The van der Waals surface area contributed by atoms with Gasteiger partial charge in [-0.1, -0.05) is 48.7 Å². The number of nitrogens with zero attached hydrogens (tertiary/aromatic N) is 1. The molecule has 0 bridgehead atoms. The van der Waals surface area contributed by atoms with E-state index in [2.05, 4.69) is 4.98 Å². The average Bonchev–Trinajstić information content (AvgIpc) is 3.42. The Balaban J connectivity index is 2.30. The van der Waals surface area contributed by atoms with Crippen LogP contribution in [0.1, 0.15) is 50.2 Å². The van der Waals surface area contributed by atoms with Crippen molar-refractivity contribution in [1.82, 2.24) is 4.98 Å². The van der Waals surface area contributed by atoms with Crippen LogP contribution >= 0.6 is 42.5 Å². The number of carbonyl (C=O) groups excluding carboxylic acids is 3. The monoisotopic (exact) mass is 548 g/mol. The number of hydrogen-bond donors (Lipinski definition) is 1. The zero-order valence-corrected chi connectivity index (χ0v) is 22.9. The van der Waals surface area contributed by atoms with Crippen LogP contribution < -0.4 is 11.2 Å². The lowest BCUT2D eigenvalue weighted by molar-refractivity contribution is -0.109. The van der Waals surface area contributed by atoms with Crippen LogP contribution in [-0.2, 0) is 23.2 Å². The van der Waals surface area contributed by atoms with Gasteiger partial charge in [0.15, 0.2) is 26.9 Å². The normalized spacial score (nSPS) is 11.8. The lowest BCUT2D eigenvalue weighted by Crippen LogP contribution is -2.13. The second-order valence-electron chi connectivity index (χ2n) is 7.09. The molecule has 2 rings (SSSR count). The number of aromatic nitrogens is 1. The van der Waals surface area contributed by atoms with Crippen molar-refractivity contribution in [3.63, 3.8) is 0 Å². The molecule has 0 spiro atoms. The first-order chi connectivity index (χ1) is 16.1. The van der Waals surface area contributed by atoms with Gasteiger partial charge in [-0.25, -0.2) is 4.98 Å². The number of nitrogens with two attached hydrogens (primary N) is 1. The first kappa shape index (κ1) is 28.8. The smallest absolute Gasteiger partial charge is 0.396 e. The number of thiazole rings is 1. The Morgan fingerprint density at radius 2 is 1.65 bits per heavy atom. The quantitative estimate of drug-likeness (QED) is 0.193. The van der Waals surface area contributed by atoms with Crippen LogP contribution in [0.3, 0.4) is 0 Å². The van der Waals surface area contributed by atoms with Crippen molar-refractivity contribution in [2.45, 2.75) is 40.5 Å². The summed E-state index contributed by atoms with van der Waals surface area (Å²) < 4.78 is 30.4. The Labute approximate surface area is 211 Å². The number of hydrogen-bond acceptors (Lipinski definition) is 12. The molecular formula is C21H29N2O7PS3. The van der Waals surface area contributed by atoms with E-state index in [1.807, 2.05) is 13.8 Å². The summed E-state index contributed by atoms with van der Waals surface area (Å²) in [4.78, 5) is 40.0. The average molecular weight is 549 g/mol. The van der Waals surface area contributed by atoms with Gasteiger partial charge in [-0.15, -0.1) is 0 Å². The summed E-state index contributed by atoms with van der Waals surface area (Å²) in [6.07, 6.45) is 1.37. The van der Waals surface area contributed by atoms with E-state index in [4.69, 9.17) is 19.2 Å². The van der Waals surface area contributed by atoms with Crippen molar-refractivity contribution in [1.29, 1.82) is 0 Å². The predicted molar refractivity (Wildman–Crippen MR) is 138 cm³/mol. The highest BCUT2D eigenvalue weighted by Crippen LogP contribution is 2.48. The van der Waals surface area contributed by atoms with E-state index in [1.54, 1.807) is 6.07 Å². The minimum absolute atomic E-state index is 0.0144. The Kier molecular flexibility index (Phi) is 11.5. The third-order valence-corrected chi connectivity index (χ3v) is 8.90. The molecule has 2 heterocycles. The molecule has 0 amide bonds. The third-order valence-electron chi connectivity index (χ3n) is 4.62. The molecule has 2 aromatic heterocycles. The first-order valence-corrected chi connectivity index (χ1v) is 15.0. The van der Waals surface area contributed by atoms with Crippen molar-refractivity contribution in [3.05, 3.63) is 17.0 Å². The van der Waals surface area contributed by atoms with Crippen LogP contribution in [0.15, 0.2) is 16.5 Å². The molecule has 0 aliphatic rings. The molecule has 9 nitrogen and oxygen atoms in total. The molecule has 0 fully saturated rings. The van der Waals surface area contributed by atoms with Crippen LogP contribution in [0.5, 0.6) is 0 Å². The Morgan fingerprint density at radius 1 is 1.09 bits per heavy atom. The maximum Gasteiger partial charge on any atom is 0.396 e. The minimum Gasteiger partial charge on any atom is -0.446 e. The first-order valence-electron chi connectivity index (χ1n) is 10.7. The van der Waals surface area contributed by atoms with Gasteiger partial charge in [-0.05, 0) is 25.0 Å². The molecule has 13 heteroatoms. The number of carbonyl (C=O) groups is 3. The second kappa shape index (κ2) is 13.6. The van der Waals surface area contributed by atoms with E-state index >= 15 is 0 Å². The number of ketones is 1. The van der Waals surface area contributed by atoms with Gasteiger partial charge in [0.2, 0.25) is 5.50 Å². The number of thioether (sulfide) groups is 2. The molecule has 0 aromatic carbocycles. The third kappa shape index (κ3) is 8.07. The summed E-state index contributed by atoms with van der Waals surface area (Å²) in [5.74, 6) is 0.569. The van der Waals surface area contributed by atoms with Crippen LogP contribution in [0, 0.1) is 5.92 Å². The molecule has 0 aliphatic heterocycles. The summed E-state index contributed by atoms with van der Waals surface area (Å²) >= 11 is 3.16. The van der Waals surface area contributed by atoms with Crippen LogP contribution in [0.2, 0.25) is 0 Å². The molecule has 0 atom stereocenters. The molecule has 0 saturated carbocycles. The molecule has 0 unspecified atom stereocenters. The zero-order chi connectivity index (χ0) is 25.3. The fraction of sp³-hybridized carbons (Fsp3) is 0.524. The van der Waals surface area contributed by atoms with Gasteiger partial charge in [0.05, 0.1) is 13.2 Å². The topological polar surface area (TPSA) is 139 Å². The Morgan fingerprint density at radius 3 is 2.15 bits per heavy atom. The van der Waals surface area contributed by atoms with Gasteiger partial charge in [0.1, 0.15) is 10.6 Å². The summed E-state index contributed by atoms with van der Waals surface area (Å²) in [7, 11) is -3.91. The van der Waals surface area contributed by atoms with Gasteiger partial charge in [-0.2, -0.15) is 0 Å². The maximum absolute atomic E-state index is 13.5. The van der Waals surface area contributed by atoms with E-state index in [1.165, 1.54) is 19.9 Å². The van der Waals surface area contributed by atoms with Gasteiger partial charge in [-0.3, -0.25) is 18.9 Å². The minimum atomic E-state index is -3.91. The van der Waals surface area contributed by atoms with Gasteiger partial charge < -0.3 is 19.2 Å². The molecule has 0 saturated heterocycles. The van der Waals surface area contributed by atoms with E-state index in [-0.39, 0.29) is 68.7 Å². The largest absolute Gasteiger partial charge is 0.446 e. The highest BCUT2D eigenvalue weighted by atomic mass is 32.2. The summed E-state index contributed by atoms with van der Waals surface area (Å²) in [6, 6.07) is 2.99. The van der Waals surface area contributed by atoms with E-state index in [0.717, 1.165) is 34.9 Å². The van der Waals surface area contributed by atoms with Gasteiger partial charge >= 0.3 is 7.60 Å². The molecule has 188 valence electrons. The lowest BCUT2D eigenvalue weighted by Gasteiger charge is -2.16. The predicted octanol–water partition coefficient (Wildman–Crippen LogP) is 5.02. The molecule has 2 aromatic rings. The van der Waals surface area contributed by atoms with Crippen LogP contribution in [0.4, 0.5) is 5.13 Å². The lowest BCUT2D eigenvalue weighted by atomic mass is 9.96. The fourth-order valence-corrected chi connectivity index (χ4v) is 6.44. The van der Waals surface area contributed by atoms with Crippen LogP contribution in [-0.4, -0.2) is 45.7 Å². The van der Waals surface area contributed by atoms with E-state index in [0.29, 0.717) is 17.7 Å². The highest BCUT2D eigenvalue weighted by Gasteiger charge is 2.33. The SMILES string of the molecule is CCC(CC)C(=O)c1sc(N)nc1-c1ccc(P(=O)(OCCSC(C)=O)OCCSC(C)=O)o1. The van der Waals surface area contributed by atoms with Crippen molar-refractivity contribution < 1.29 is 32.4 Å². The highest BCUT2D eigenvalue weighted by molar-refractivity contribution is 8.13. The molecular weight excluding hydrogens is 519 g/mol. The fourth-order valence-electron chi connectivity index (χ4n) is 2.97. The number of anilines is 1. The molecule has 2 N–H and O–H groups in total. The van der Waals surface area contributed by atoms with Crippen molar-refractivity contribution in [2.24, 2.45) is 5.92 Å². The number of nitrogen functional groups attached to an aromatic ring is 1.